The molecule has 1 fully saturated rings. The van der Waals surface area contributed by atoms with E-state index in [2.05, 4.69) is 0 Å². The first-order chi connectivity index (χ1) is 16.5. The van der Waals surface area contributed by atoms with Gasteiger partial charge in [-0.15, -0.1) is 0 Å². The van der Waals surface area contributed by atoms with Gasteiger partial charge in [-0.2, -0.15) is 0 Å². The second kappa shape index (κ2) is 9.80. The average molecular weight is 494 g/mol. The van der Waals surface area contributed by atoms with E-state index >= 15 is 4.39 Å². The summed E-state index contributed by atoms with van der Waals surface area (Å²) in [6.07, 6.45) is 2.15. The lowest BCUT2D eigenvalue weighted by molar-refractivity contribution is 0.0680. The van der Waals surface area contributed by atoms with Gasteiger partial charge < -0.3 is 9.47 Å². The summed E-state index contributed by atoms with van der Waals surface area (Å²) < 4.78 is 67.8. The zero-order chi connectivity index (χ0) is 25.5. The molecule has 35 heavy (non-hydrogen) atoms. The first-order valence-electron chi connectivity index (χ1n) is 11.9. The van der Waals surface area contributed by atoms with Gasteiger partial charge in [0.2, 0.25) is 0 Å². The summed E-state index contributed by atoms with van der Waals surface area (Å²) in [4.78, 5) is 15.0. The smallest absolute Gasteiger partial charge is 0.166 e. The zero-order valence-electron chi connectivity index (χ0n) is 20.5. The first kappa shape index (κ1) is 25.5. The van der Waals surface area contributed by atoms with Gasteiger partial charge in [-0.05, 0) is 69.7 Å². The Bertz CT molecular complexity index is 1120. The Balaban J connectivity index is 1.46. The normalized spacial score (nSPS) is 23.9. The van der Waals surface area contributed by atoms with Gasteiger partial charge in [0, 0.05) is 41.7 Å². The fraction of sp³-hybridized carbons (Fsp3) is 0.519. The van der Waals surface area contributed by atoms with E-state index in [1.807, 2.05) is 11.8 Å². The fourth-order valence-electron chi connectivity index (χ4n) is 5.66. The zero-order valence-corrected chi connectivity index (χ0v) is 20.5. The van der Waals surface area contributed by atoms with Crippen molar-refractivity contribution in [3.8, 4) is 11.5 Å². The van der Waals surface area contributed by atoms with E-state index in [0.29, 0.717) is 36.0 Å². The minimum atomic E-state index is -1.64. The maximum atomic E-state index is 15.9. The summed E-state index contributed by atoms with van der Waals surface area (Å²) >= 11 is 0. The summed E-state index contributed by atoms with van der Waals surface area (Å²) in [6.45, 7) is 3.54. The minimum Gasteiger partial charge on any atom is -0.493 e. The molecule has 4 nitrogen and oxygen atoms in total. The predicted octanol–water partition coefficient (Wildman–Crippen LogP) is 6.04. The van der Waals surface area contributed by atoms with Gasteiger partial charge in [0.1, 0.15) is 11.5 Å². The lowest BCUT2D eigenvalue weighted by atomic mass is 9.85. The van der Waals surface area contributed by atoms with Gasteiger partial charge in [-0.25, -0.2) is 17.6 Å². The van der Waals surface area contributed by atoms with E-state index in [0.717, 1.165) is 18.1 Å². The van der Waals surface area contributed by atoms with E-state index in [-0.39, 0.29) is 42.8 Å². The third kappa shape index (κ3) is 5.17. The number of hydrogen-bond acceptors (Lipinski definition) is 4. The molecule has 0 spiro atoms. The van der Waals surface area contributed by atoms with Crippen molar-refractivity contribution in [1.29, 1.82) is 0 Å². The molecular formula is C27H31F4NO3. The number of halogens is 4. The van der Waals surface area contributed by atoms with Gasteiger partial charge in [0.15, 0.2) is 28.9 Å². The number of fused-ring (bicyclic) bond motifs is 1. The summed E-state index contributed by atoms with van der Waals surface area (Å²) in [6, 6.07) is 4.69. The monoisotopic (exact) mass is 493 g/mol. The van der Waals surface area contributed by atoms with E-state index in [1.165, 1.54) is 21.1 Å². The van der Waals surface area contributed by atoms with E-state index < -0.39 is 29.0 Å². The Morgan fingerprint density at radius 3 is 2.31 bits per heavy atom. The number of carbonyl (C=O) groups excluding carboxylic acids is 1. The van der Waals surface area contributed by atoms with Gasteiger partial charge >= 0.3 is 0 Å². The topological polar surface area (TPSA) is 38.8 Å². The Hall–Kier alpha value is -2.61. The number of nitrogens with zero attached hydrogens (tertiary/aromatic N) is 1. The number of alkyl halides is 1. The molecule has 1 aliphatic carbocycles. The molecule has 2 aromatic rings. The molecule has 2 aromatic carbocycles. The lowest BCUT2D eigenvalue weighted by Crippen LogP contribution is -2.39. The van der Waals surface area contributed by atoms with Crippen molar-refractivity contribution in [3.05, 3.63) is 58.4 Å². The Kier molecular flexibility index (Phi) is 7.13. The summed E-state index contributed by atoms with van der Waals surface area (Å²) in [5.41, 5.74) is -0.241. The summed E-state index contributed by atoms with van der Waals surface area (Å²) in [5, 5.41) is 0. The van der Waals surface area contributed by atoms with Crippen LogP contribution in [-0.4, -0.2) is 42.7 Å². The largest absolute Gasteiger partial charge is 0.493 e. The molecule has 0 aromatic heterocycles. The second-order valence-electron chi connectivity index (χ2n) is 10.1. The van der Waals surface area contributed by atoms with Crippen molar-refractivity contribution in [2.45, 2.75) is 70.2 Å². The maximum Gasteiger partial charge on any atom is 0.166 e. The van der Waals surface area contributed by atoms with Crippen LogP contribution in [0.25, 0.3) is 0 Å². The van der Waals surface area contributed by atoms with Crippen molar-refractivity contribution >= 4 is 5.78 Å². The fourth-order valence-corrected chi connectivity index (χ4v) is 5.66. The number of methoxy groups -OCH3 is 2. The summed E-state index contributed by atoms with van der Waals surface area (Å²) in [7, 11) is 3.03. The molecule has 0 bridgehead atoms. The second-order valence-corrected chi connectivity index (χ2v) is 10.1. The third-order valence-corrected chi connectivity index (χ3v) is 7.44. The number of Topliss-reactive ketones (excluding diaryl/α,β-unsaturated/α-hetero) is 1. The minimum absolute atomic E-state index is 0.0422. The highest BCUT2D eigenvalue weighted by atomic mass is 19.2. The van der Waals surface area contributed by atoms with Crippen LogP contribution in [0, 0.1) is 23.4 Å². The van der Waals surface area contributed by atoms with Crippen LogP contribution >= 0.6 is 0 Å². The van der Waals surface area contributed by atoms with Crippen LogP contribution in [0.1, 0.15) is 61.0 Å². The molecule has 1 saturated heterocycles. The highest BCUT2D eigenvalue weighted by Gasteiger charge is 2.41. The quantitative estimate of drug-likeness (QED) is 0.332. The van der Waals surface area contributed by atoms with Crippen LogP contribution in [-0.2, 0) is 13.0 Å². The summed E-state index contributed by atoms with van der Waals surface area (Å²) in [5.74, 6) is -2.76. The van der Waals surface area contributed by atoms with Gasteiger partial charge in [0.25, 0.3) is 0 Å². The van der Waals surface area contributed by atoms with Crippen LogP contribution in [0.2, 0.25) is 0 Å². The molecule has 1 aliphatic heterocycles. The van der Waals surface area contributed by atoms with E-state index in [9.17, 15) is 18.0 Å². The number of ketones is 1. The molecule has 4 rings (SSSR count). The molecule has 4 unspecified atom stereocenters. The van der Waals surface area contributed by atoms with Gasteiger partial charge in [0.05, 0.1) is 14.2 Å². The maximum absolute atomic E-state index is 15.9. The number of benzene rings is 2. The van der Waals surface area contributed by atoms with Crippen LogP contribution in [0.15, 0.2) is 24.3 Å². The highest BCUT2D eigenvalue weighted by molar-refractivity contribution is 6.03. The predicted molar refractivity (Wildman–Crippen MR) is 124 cm³/mol. The van der Waals surface area contributed by atoms with Crippen LogP contribution in [0.5, 0.6) is 11.5 Å². The van der Waals surface area contributed by atoms with Crippen LogP contribution in [0.3, 0.4) is 0 Å². The first-order valence-corrected chi connectivity index (χ1v) is 11.9. The van der Waals surface area contributed by atoms with Crippen molar-refractivity contribution < 1.29 is 31.8 Å². The van der Waals surface area contributed by atoms with Crippen molar-refractivity contribution in [1.82, 2.24) is 4.90 Å². The lowest BCUT2D eigenvalue weighted by Gasteiger charge is -2.33. The number of rotatable bonds is 8. The average Bonchev–Trinajstić information content (AvgIpc) is 3.29. The molecule has 8 heteroatoms. The number of hydrogen-bond donors (Lipinski definition) is 0. The molecule has 0 saturated carbocycles. The Labute approximate surface area is 203 Å². The van der Waals surface area contributed by atoms with Crippen molar-refractivity contribution in [2.75, 3.05) is 14.2 Å². The van der Waals surface area contributed by atoms with E-state index in [1.54, 1.807) is 12.1 Å². The Morgan fingerprint density at radius 1 is 0.971 bits per heavy atom. The third-order valence-electron chi connectivity index (χ3n) is 7.44. The van der Waals surface area contributed by atoms with Crippen molar-refractivity contribution in [2.24, 2.45) is 5.92 Å². The number of ether oxygens (including phenoxy) is 2. The molecule has 0 N–H and O–H groups in total. The molecular weight excluding hydrogens is 462 g/mol. The standard InChI is InChI=1S/C27H31F4NO3/c1-15-5-6-19(32(15)14-18-8-22(29)23(30)11-21(18)28)13-27(2,31)12-17-7-16-9-24(34-3)25(35-4)10-20(16)26(17)33/h8-11,15,17,19H,5-7,12-14H2,1-4H3. The van der Waals surface area contributed by atoms with Crippen LogP contribution in [0.4, 0.5) is 17.6 Å². The van der Waals surface area contributed by atoms with Gasteiger partial charge in [-0.1, -0.05) is 0 Å². The van der Waals surface area contributed by atoms with Gasteiger partial charge in [-0.3, -0.25) is 9.69 Å². The molecule has 0 amide bonds. The van der Waals surface area contributed by atoms with Crippen LogP contribution < -0.4 is 9.47 Å². The SMILES string of the molecule is COc1cc2c(cc1OC)C(=O)C(CC(C)(F)CC1CCC(C)N1Cc1cc(F)c(F)cc1F)C2. The number of likely N-dealkylation sites (tertiary alicyclic amines) is 1. The highest BCUT2D eigenvalue weighted by Crippen LogP contribution is 2.42. The molecule has 2 aliphatic rings. The molecule has 0 radical (unpaired) electrons. The van der Waals surface area contributed by atoms with E-state index in [4.69, 9.17) is 9.47 Å². The molecule has 1 heterocycles. The molecule has 190 valence electrons. The Morgan fingerprint density at radius 2 is 1.63 bits per heavy atom. The number of carbonyl (C=O) groups is 1. The molecule has 4 atom stereocenters. The van der Waals surface area contributed by atoms with Crippen molar-refractivity contribution in [3.63, 3.8) is 0 Å².